The Hall–Kier alpha value is -0.240. The molecule has 2 aliphatic heterocycles. The number of aliphatic hydroxyl groups excluding tert-OH is 4. The second kappa shape index (κ2) is 7.63. The van der Waals surface area contributed by atoms with Crippen molar-refractivity contribution >= 4 is 0 Å². The van der Waals surface area contributed by atoms with Crippen LogP contribution < -0.4 is 0 Å². The first-order valence-corrected chi connectivity index (χ1v) is 13.6. The Balaban J connectivity index is 1.26. The molecule has 6 rings (SSSR count). The average Bonchev–Trinajstić information content (AvgIpc) is 3.21. The van der Waals surface area contributed by atoms with E-state index < -0.39 is 24.1 Å². The predicted octanol–water partition coefficient (Wildman–Crippen LogP) is 2.71. The van der Waals surface area contributed by atoms with E-state index in [1.165, 1.54) is 6.42 Å². The molecule has 0 aromatic heterocycles. The molecule has 2 saturated heterocycles. The van der Waals surface area contributed by atoms with Crippen LogP contribution in [0.4, 0.5) is 0 Å². The van der Waals surface area contributed by atoms with Crippen LogP contribution in [0.2, 0.25) is 0 Å². The maximum atomic E-state index is 11.3. The number of hydrogen-bond acceptors (Lipinski definition) is 6. The molecular formula is C27H44O6. The molecule has 0 radical (unpaired) electrons. The highest BCUT2D eigenvalue weighted by Gasteiger charge is 2.70. The molecule has 4 N–H and O–H groups in total. The lowest BCUT2D eigenvalue weighted by Gasteiger charge is -2.62. The average molecular weight is 465 g/mol. The molecule has 6 nitrogen and oxygen atoms in total. The van der Waals surface area contributed by atoms with Crippen molar-refractivity contribution in [3.8, 4) is 0 Å². The van der Waals surface area contributed by atoms with Crippen molar-refractivity contribution < 1.29 is 29.9 Å². The topological polar surface area (TPSA) is 99.4 Å². The van der Waals surface area contributed by atoms with Crippen LogP contribution in [0, 0.1) is 52.3 Å². The molecule has 0 aromatic carbocycles. The normalized spacial score (nSPS) is 62.5. The summed E-state index contributed by atoms with van der Waals surface area (Å²) in [6, 6.07) is 0. The lowest BCUT2D eigenvalue weighted by Crippen LogP contribution is -2.61. The molecular weight excluding hydrogens is 420 g/mol. The maximum absolute atomic E-state index is 11.3. The van der Waals surface area contributed by atoms with E-state index in [-0.39, 0.29) is 35.4 Å². The molecule has 0 unspecified atom stereocenters. The van der Waals surface area contributed by atoms with Gasteiger partial charge in [-0.15, -0.1) is 0 Å². The van der Waals surface area contributed by atoms with Gasteiger partial charge >= 0.3 is 0 Å². The number of ether oxygens (including phenoxy) is 2. The van der Waals surface area contributed by atoms with Gasteiger partial charge in [-0.1, -0.05) is 20.8 Å². The SMILES string of the molecule is C[C@H]1[C@H]2[C@H](C[C@@H]3[C@@H]4C[C@@H](O)[C@H]5C[C@@H](O)[C@H](O)C[C@]5(C)[C@H]4CC[C@]23C)O[C@]12CC[C@@H](CO)CO2. The van der Waals surface area contributed by atoms with Gasteiger partial charge in [0, 0.05) is 24.9 Å². The molecule has 0 amide bonds. The van der Waals surface area contributed by atoms with Gasteiger partial charge in [-0.3, -0.25) is 0 Å². The van der Waals surface area contributed by atoms with Gasteiger partial charge in [0.2, 0.25) is 0 Å². The summed E-state index contributed by atoms with van der Waals surface area (Å²) in [5, 5.41) is 41.7. The van der Waals surface area contributed by atoms with E-state index in [1.54, 1.807) is 0 Å². The van der Waals surface area contributed by atoms with Crippen molar-refractivity contribution in [1.82, 2.24) is 0 Å². The number of hydrogen-bond donors (Lipinski definition) is 4. The van der Waals surface area contributed by atoms with E-state index in [4.69, 9.17) is 9.47 Å². The molecule has 33 heavy (non-hydrogen) atoms. The second-order valence-corrected chi connectivity index (χ2v) is 13.3. The third-order valence-electron chi connectivity index (χ3n) is 12.1. The highest BCUT2D eigenvalue weighted by molar-refractivity contribution is 5.16. The quantitative estimate of drug-likeness (QED) is 0.476. The first-order chi connectivity index (χ1) is 15.6. The predicted molar refractivity (Wildman–Crippen MR) is 122 cm³/mol. The molecule has 6 aliphatic rings. The van der Waals surface area contributed by atoms with Crippen molar-refractivity contribution in [1.29, 1.82) is 0 Å². The molecule has 4 aliphatic carbocycles. The highest BCUT2D eigenvalue weighted by Crippen LogP contribution is 2.71. The summed E-state index contributed by atoms with van der Waals surface area (Å²) in [7, 11) is 0. The molecule has 6 fully saturated rings. The Morgan fingerprint density at radius 2 is 1.64 bits per heavy atom. The zero-order valence-corrected chi connectivity index (χ0v) is 20.5. The number of fused-ring (bicyclic) bond motifs is 7. The Morgan fingerprint density at radius 3 is 2.33 bits per heavy atom. The van der Waals surface area contributed by atoms with E-state index >= 15 is 0 Å². The molecule has 4 saturated carbocycles. The summed E-state index contributed by atoms with van der Waals surface area (Å²) < 4.78 is 13.2. The van der Waals surface area contributed by atoms with Gasteiger partial charge < -0.3 is 29.9 Å². The Bertz CT molecular complexity index is 766. The fraction of sp³-hybridized carbons (Fsp3) is 1.00. The van der Waals surface area contributed by atoms with E-state index in [1.807, 2.05) is 0 Å². The molecule has 1 spiro atoms. The van der Waals surface area contributed by atoms with E-state index in [0.717, 1.165) is 32.1 Å². The van der Waals surface area contributed by atoms with Gasteiger partial charge in [0.15, 0.2) is 5.79 Å². The zero-order chi connectivity index (χ0) is 23.3. The molecule has 6 heteroatoms. The molecule has 0 aromatic rings. The van der Waals surface area contributed by atoms with Crippen LogP contribution in [0.3, 0.4) is 0 Å². The van der Waals surface area contributed by atoms with Crippen molar-refractivity contribution in [2.45, 2.75) is 102 Å². The number of rotatable bonds is 1. The van der Waals surface area contributed by atoms with Crippen LogP contribution in [0.15, 0.2) is 0 Å². The van der Waals surface area contributed by atoms with Crippen LogP contribution in [-0.2, 0) is 9.47 Å². The van der Waals surface area contributed by atoms with Gasteiger partial charge in [-0.2, -0.15) is 0 Å². The zero-order valence-electron chi connectivity index (χ0n) is 20.5. The van der Waals surface area contributed by atoms with Crippen LogP contribution >= 0.6 is 0 Å². The third kappa shape index (κ3) is 3.07. The summed E-state index contributed by atoms with van der Waals surface area (Å²) in [4.78, 5) is 0. The van der Waals surface area contributed by atoms with Crippen LogP contribution in [0.5, 0.6) is 0 Å². The minimum Gasteiger partial charge on any atom is -0.396 e. The van der Waals surface area contributed by atoms with Gasteiger partial charge in [0.1, 0.15) is 0 Å². The summed E-state index contributed by atoms with van der Waals surface area (Å²) in [5.74, 6) is 2.09. The fourth-order valence-corrected chi connectivity index (χ4v) is 10.4. The lowest BCUT2D eigenvalue weighted by molar-refractivity contribution is -0.276. The standard InChI is InChI=1S/C27H44O6/c1-14-24-23(33-27(14)7-4-15(12-28)13-32-27)10-18-16-8-20(29)19-9-21(30)22(31)11-26(19,3)17(16)5-6-25(18,24)2/h14-24,28-31H,4-13H2,1-3H3/t14-,15-,16+,17-,18+,19+,20+,21+,22+,23-,24-,25-,26+,27+/m0/s1. The summed E-state index contributed by atoms with van der Waals surface area (Å²) in [6.45, 7) is 7.87. The van der Waals surface area contributed by atoms with Crippen LogP contribution in [0.25, 0.3) is 0 Å². The summed E-state index contributed by atoms with van der Waals surface area (Å²) in [5.41, 5.74) is 0.0706. The maximum Gasteiger partial charge on any atom is 0.171 e. The van der Waals surface area contributed by atoms with E-state index in [2.05, 4.69) is 20.8 Å². The first-order valence-electron chi connectivity index (χ1n) is 13.6. The monoisotopic (exact) mass is 464 g/mol. The smallest absolute Gasteiger partial charge is 0.171 e. The van der Waals surface area contributed by atoms with Gasteiger partial charge in [-0.25, -0.2) is 0 Å². The van der Waals surface area contributed by atoms with Crippen molar-refractivity contribution in [3.05, 3.63) is 0 Å². The minimum atomic E-state index is -0.708. The van der Waals surface area contributed by atoms with Gasteiger partial charge in [0.25, 0.3) is 0 Å². The number of aliphatic hydroxyl groups is 4. The van der Waals surface area contributed by atoms with Gasteiger partial charge in [0.05, 0.1) is 31.0 Å². The molecule has 14 atom stereocenters. The Kier molecular flexibility index (Phi) is 5.36. The van der Waals surface area contributed by atoms with Crippen LogP contribution in [-0.4, -0.2) is 63.8 Å². The largest absolute Gasteiger partial charge is 0.396 e. The van der Waals surface area contributed by atoms with Crippen molar-refractivity contribution in [3.63, 3.8) is 0 Å². The van der Waals surface area contributed by atoms with Crippen LogP contribution in [0.1, 0.15) is 72.1 Å². The first kappa shape index (κ1) is 23.2. The van der Waals surface area contributed by atoms with E-state index in [9.17, 15) is 20.4 Å². The fourth-order valence-electron chi connectivity index (χ4n) is 10.4. The molecule has 2 heterocycles. The third-order valence-corrected chi connectivity index (χ3v) is 12.1. The molecule has 188 valence electrons. The lowest BCUT2D eigenvalue weighted by atomic mass is 9.43. The minimum absolute atomic E-state index is 0.0796. The summed E-state index contributed by atoms with van der Waals surface area (Å²) >= 11 is 0. The highest BCUT2D eigenvalue weighted by atomic mass is 16.7. The second-order valence-electron chi connectivity index (χ2n) is 13.3. The van der Waals surface area contributed by atoms with Gasteiger partial charge in [-0.05, 0) is 85.4 Å². The molecule has 0 bridgehead atoms. The van der Waals surface area contributed by atoms with Crippen molar-refractivity contribution in [2.24, 2.45) is 52.3 Å². The Morgan fingerprint density at radius 1 is 0.848 bits per heavy atom. The van der Waals surface area contributed by atoms with Crippen molar-refractivity contribution in [2.75, 3.05) is 13.2 Å². The van der Waals surface area contributed by atoms with E-state index in [0.29, 0.717) is 49.0 Å². The Labute approximate surface area is 198 Å². The summed E-state index contributed by atoms with van der Waals surface area (Å²) in [6.07, 6.45) is 5.54.